The normalized spacial score (nSPS) is 31.0. The molecule has 3 fully saturated rings. The molecule has 2 bridgehead atoms. The van der Waals surface area contributed by atoms with Gasteiger partial charge in [0, 0.05) is 5.69 Å². The Labute approximate surface area is 191 Å². The van der Waals surface area contributed by atoms with Crippen LogP contribution in [0.1, 0.15) is 26.7 Å². The quantitative estimate of drug-likeness (QED) is 0.651. The molecular weight excluding hydrogens is 424 g/mol. The number of anilines is 1. The van der Waals surface area contributed by atoms with Gasteiger partial charge in [0.05, 0.1) is 37.2 Å². The van der Waals surface area contributed by atoms with E-state index in [1.807, 2.05) is 42.5 Å². The van der Waals surface area contributed by atoms with Crippen LogP contribution >= 0.6 is 0 Å². The van der Waals surface area contributed by atoms with E-state index in [2.05, 4.69) is 5.32 Å². The number of likely N-dealkylation sites (tertiary alicyclic amines) is 1. The topological polar surface area (TPSA) is 105 Å². The number of carbonyl (C=O) groups is 3. The maximum Gasteiger partial charge on any atom is 0.312 e. The van der Waals surface area contributed by atoms with E-state index in [0.29, 0.717) is 18.5 Å². The molecule has 2 unspecified atom stereocenters. The van der Waals surface area contributed by atoms with E-state index in [0.717, 1.165) is 10.8 Å². The summed E-state index contributed by atoms with van der Waals surface area (Å²) in [7, 11) is 0. The van der Waals surface area contributed by atoms with Gasteiger partial charge < -0.3 is 24.8 Å². The number of esters is 1. The van der Waals surface area contributed by atoms with E-state index in [1.165, 1.54) is 4.90 Å². The molecule has 1 spiro atoms. The third-order valence-corrected chi connectivity index (χ3v) is 7.30. The molecule has 3 heterocycles. The van der Waals surface area contributed by atoms with E-state index >= 15 is 0 Å². The number of nitrogens with zero attached hydrogens (tertiary/aromatic N) is 1. The fraction of sp³-hybridized carbons (Fsp3) is 0.480. The number of hydrogen-bond donors (Lipinski definition) is 2. The summed E-state index contributed by atoms with van der Waals surface area (Å²) >= 11 is 0. The van der Waals surface area contributed by atoms with Crippen molar-refractivity contribution in [1.82, 2.24) is 4.90 Å². The molecule has 2 aromatic carbocycles. The van der Waals surface area contributed by atoms with Gasteiger partial charge in [0.1, 0.15) is 11.6 Å². The number of hydrogen-bond acceptors (Lipinski definition) is 6. The fourth-order valence-electron chi connectivity index (χ4n) is 5.94. The van der Waals surface area contributed by atoms with Crippen molar-refractivity contribution in [3.8, 4) is 0 Å². The van der Waals surface area contributed by atoms with E-state index in [-0.39, 0.29) is 25.0 Å². The van der Waals surface area contributed by atoms with Gasteiger partial charge in [-0.05, 0) is 49.6 Å². The molecule has 174 valence electrons. The Morgan fingerprint density at radius 1 is 1.27 bits per heavy atom. The van der Waals surface area contributed by atoms with Crippen LogP contribution in [0, 0.1) is 11.8 Å². The Kier molecular flexibility index (Phi) is 5.37. The van der Waals surface area contributed by atoms with Crippen LogP contribution in [0.15, 0.2) is 42.5 Å². The minimum Gasteiger partial charge on any atom is -0.466 e. The molecule has 8 nitrogen and oxygen atoms in total. The summed E-state index contributed by atoms with van der Waals surface area (Å²) < 4.78 is 11.5. The largest absolute Gasteiger partial charge is 0.466 e. The average molecular weight is 453 g/mol. The lowest BCUT2D eigenvalue weighted by molar-refractivity contribution is -0.155. The first-order chi connectivity index (χ1) is 15.9. The summed E-state index contributed by atoms with van der Waals surface area (Å²) in [4.78, 5) is 41.4. The predicted molar refractivity (Wildman–Crippen MR) is 120 cm³/mol. The molecule has 2 N–H and O–H groups in total. The van der Waals surface area contributed by atoms with Crippen molar-refractivity contribution in [1.29, 1.82) is 0 Å². The molecular formula is C25H28N2O6. The Morgan fingerprint density at radius 2 is 2.03 bits per heavy atom. The van der Waals surface area contributed by atoms with Crippen molar-refractivity contribution >= 4 is 34.2 Å². The summed E-state index contributed by atoms with van der Waals surface area (Å²) in [6.07, 6.45) is 0.628. The lowest BCUT2D eigenvalue weighted by Gasteiger charge is -2.35. The first-order valence-corrected chi connectivity index (χ1v) is 11.5. The molecule has 0 saturated carbocycles. The van der Waals surface area contributed by atoms with Crippen molar-refractivity contribution in [3.05, 3.63) is 42.5 Å². The van der Waals surface area contributed by atoms with Crippen LogP contribution in [0.5, 0.6) is 0 Å². The van der Waals surface area contributed by atoms with Crippen LogP contribution < -0.4 is 5.32 Å². The van der Waals surface area contributed by atoms with Crippen LogP contribution in [-0.2, 0) is 23.9 Å². The summed E-state index contributed by atoms with van der Waals surface area (Å²) in [5.41, 5.74) is -0.499. The molecule has 8 heteroatoms. The number of aliphatic hydroxyl groups excluding tert-OH is 1. The number of fused-ring (bicyclic) bond motifs is 2. The molecule has 0 aliphatic carbocycles. The zero-order chi connectivity index (χ0) is 23.3. The molecule has 0 aromatic heterocycles. The molecule has 6 atom stereocenters. The van der Waals surface area contributed by atoms with Crippen molar-refractivity contribution in [3.63, 3.8) is 0 Å². The monoisotopic (exact) mass is 452 g/mol. The van der Waals surface area contributed by atoms with Gasteiger partial charge in [-0.2, -0.15) is 0 Å². The maximum atomic E-state index is 13.7. The van der Waals surface area contributed by atoms with Gasteiger partial charge in [-0.1, -0.05) is 30.3 Å². The van der Waals surface area contributed by atoms with Gasteiger partial charge in [-0.25, -0.2) is 0 Å². The Morgan fingerprint density at radius 3 is 2.76 bits per heavy atom. The highest BCUT2D eigenvalue weighted by atomic mass is 16.6. The SMILES string of the molecule is CCOC(=O)[C@@H]1[C@H]2C(=O)N([C@H](C)CO)C(C(=O)Nc3ccc4ccccc4c3)C23CC[C@H]1O3. The van der Waals surface area contributed by atoms with E-state index in [9.17, 15) is 19.5 Å². The van der Waals surface area contributed by atoms with E-state index in [1.54, 1.807) is 13.8 Å². The molecule has 2 amide bonds. The molecule has 0 radical (unpaired) electrons. The number of ether oxygens (including phenoxy) is 2. The van der Waals surface area contributed by atoms with Crippen molar-refractivity contribution in [2.75, 3.05) is 18.5 Å². The van der Waals surface area contributed by atoms with Gasteiger partial charge in [0.25, 0.3) is 0 Å². The molecule has 2 aromatic rings. The standard InChI is InChI=1S/C25H28N2O6/c1-3-32-24(31)19-18-10-11-25(33-18)20(19)23(30)27(14(2)13-28)21(25)22(29)26-17-9-8-15-6-4-5-7-16(15)12-17/h4-9,12,14,18-21,28H,3,10-11,13H2,1-2H3,(H,26,29)/t14-,18-,19+,20+,21?,25?/m1/s1. The first kappa shape index (κ1) is 21.9. The van der Waals surface area contributed by atoms with Crippen LogP contribution in [0.25, 0.3) is 10.8 Å². The van der Waals surface area contributed by atoms with Crippen LogP contribution in [-0.4, -0.2) is 64.8 Å². The van der Waals surface area contributed by atoms with Crippen molar-refractivity contribution < 1.29 is 29.0 Å². The molecule has 3 aliphatic rings. The highest BCUT2D eigenvalue weighted by Crippen LogP contribution is 2.59. The van der Waals surface area contributed by atoms with Gasteiger partial charge in [0.2, 0.25) is 11.8 Å². The van der Waals surface area contributed by atoms with E-state index < -0.39 is 41.6 Å². The smallest absolute Gasteiger partial charge is 0.312 e. The third-order valence-electron chi connectivity index (χ3n) is 7.30. The summed E-state index contributed by atoms with van der Waals surface area (Å²) in [5.74, 6) is -2.72. The Balaban J connectivity index is 1.50. The summed E-state index contributed by atoms with van der Waals surface area (Å²) in [6, 6.07) is 11.9. The second-order valence-corrected chi connectivity index (χ2v) is 9.14. The van der Waals surface area contributed by atoms with Crippen molar-refractivity contribution in [2.24, 2.45) is 11.8 Å². The van der Waals surface area contributed by atoms with Crippen molar-refractivity contribution in [2.45, 2.75) is 50.5 Å². The lowest BCUT2D eigenvalue weighted by Crippen LogP contribution is -2.55. The number of rotatable bonds is 6. The number of aliphatic hydroxyl groups is 1. The number of benzene rings is 2. The van der Waals surface area contributed by atoms with E-state index in [4.69, 9.17) is 9.47 Å². The van der Waals surface area contributed by atoms with Crippen LogP contribution in [0.2, 0.25) is 0 Å². The second-order valence-electron chi connectivity index (χ2n) is 9.14. The second kappa shape index (κ2) is 8.11. The lowest BCUT2D eigenvalue weighted by atomic mass is 9.70. The predicted octanol–water partition coefficient (Wildman–Crippen LogP) is 2.10. The first-order valence-electron chi connectivity index (χ1n) is 11.5. The number of nitrogens with one attached hydrogen (secondary N) is 1. The van der Waals surface area contributed by atoms with Gasteiger partial charge in [-0.15, -0.1) is 0 Å². The molecule has 3 saturated heterocycles. The number of amides is 2. The van der Waals surface area contributed by atoms with Gasteiger partial charge in [-0.3, -0.25) is 14.4 Å². The highest BCUT2D eigenvalue weighted by molar-refractivity contribution is 6.04. The minimum atomic E-state index is -1.11. The Hall–Kier alpha value is -2.97. The van der Waals surface area contributed by atoms with Crippen LogP contribution in [0.3, 0.4) is 0 Å². The summed E-state index contributed by atoms with van der Waals surface area (Å²) in [5, 5.41) is 14.8. The molecule has 3 aliphatic heterocycles. The maximum absolute atomic E-state index is 13.7. The van der Waals surface area contributed by atoms with Gasteiger partial charge >= 0.3 is 5.97 Å². The molecule has 33 heavy (non-hydrogen) atoms. The zero-order valence-electron chi connectivity index (χ0n) is 18.7. The van der Waals surface area contributed by atoms with Crippen LogP contribution in [0.4, 0.5) is 5.69 Å². The number of carbonyl (C=O) groups excluding carboxylic acids is 3. The van der Waals surface area contributed by atoms with Gasteiger partial charge in [0.15, 0.2) is 0 Å². The Bertz CT molecular complexity index is 1120. The minimum absolute atomic E-state index is 0.207. The highest BCUT2D eigenvalue weighted by Gasteiger charge is 2.75. The summed E-state index contributed by atoms with van der Waals surface area (Å²) in [6.45, 7) is 3.32. The average Bonchev–Trinajstić information content (AvgIpc) is 3.46. The third kappa shape index (κ3) is 3.23. The fourth-order valence-corrected chi connectivity index (χ4v) is 5.94. The molecule has 5 rings (SSSR count). The zero-order valence-corrected chi connectivity index (χ0v) is 18.7.